The van der Waals surface area contributed by atoms with Crippen molar-refractivity contribution in [3.05, 3.63) is 78.9 Å². The summed E-state index contributed by atoms with van der Waals surface area (Å²) in [7, 11) is 128. The van der Waals surface area contributed by atoms with Gasteiger partial charge in [-0.15, -0.1) is 55.0 Å². The topological polar surface area (TPSA) is 43.6 Å². The molecule has 24 heteroatoms. The lowest BCUT2D eigenvalue weighted by molar-refractivity contribution is 1.08. The first-order chi connectivity index (χ1) is 35.7. The number of aromatic nitrogens is 4. The zero-order chi connectivity index (χ0) is 53.5. The summed E-state index contributed by atoms with van der Waals surface area (Å²) in [5.41, 5.74) is 4.71. The molecule has 0 aliphatic rings. The van der Waals surface area contributed by atoms with E-state index in [4.69, 9.17) is 164 Å². The minimum atomic E-state index is -0.149. The maximum Gasteiger partial charge on any atom is 0.164 e. The smallest absolute Gasteiger partial charge is 0.164 e. The van der Waals surface area contributed by atoms with Crippen LogP contribution in [0.15, 0.2) is 78.9 Å². The van der Waals surface area contributed by atoms with E-state index in [2.05, 4.69) is 24.3 Å². The maximum absolute atomic E-state index is 7.36. The van der Waals surface area contributed by atoms with E-state index in [1.807, 2.05) is 54.6 Å². The van der Waals surface area contributed by atoms with Crippen LogP contribution < -0.4 is 104 Å². The van der Waals surface area contributed by atoms with Crippen LogP contribution >= 0.6 is 11.3 Å². The molecule has 8 aromatic carbocycles. The molecular weight excluding hydrogens is 906 g/mol. The van der Waals surface area contributed by atoms with Gasteiger partial charge in [0.05, 0.1) is 0 Å². The molecular formula is C51H13B19N4S. The predicted molar refractivity (Wildman–Crippen MR) is 337 cm³/mol. The quantitative estimate of drug-likeness (QED) is 0.156. The molecule has 0 amide bonds. The van der Waals surface area contributed by atoms with Gasteiger partial charge in [-0.3, -0.25) is 0 Å². The van der Waals surface area contributed by atoms with Gasteiger partial charge >= 0.3 is 0 Å². The molecule has 0 aliphatic heterocycles. The van der Waals surface area contributed by atoms with Crippen molar-refractivity contribution < 1.29 is 0 Å². The molecule has 0 N–H and O–H groups in total. The number of benzene rings is 8. The normalized spacial score (nSPS) is 11.7. The molecule has 0 aliphatic carbocycles. The van der Waals surface area contributed by atoms with Crippen molar-refractivity contribution in [3.63, 3.8) is 0 Å². The van der Waals surface area contributed by atoms with Gasteiger partial charge in [0.1, 0.15) is 149 Å². The van der Waals surface area contributed by atoms with Crippen LogP contribution in [0.1, 0.15) is 0 Å². The summed E-state index contributed by atoms with van der Waals surface area (Å²) in [6.45, 7) is 0. The average molecular weight is 919 g/mol. The Morgan fingerprint density at radius 1 is 0.280 bits per heavy atom. The molecule has 4 nitrogen and oxygen atoms in total. The number of rotatable bonds is 6. The second-order valence-corrected chi connectivity index (χ2v) is 19.1. The van der Waals surface area contributed by atoms with Crippen LogP contribution in [0.3, 0.4) is 0 Å². The van der Waals surface area contributed by atoms with E-state index in [0.717, 1.165) is 22.3 Å². The van der Waals surface area contributed by atoms with E-state index in [1.165, 1.54) is 15.9 Å². The van der Waals surface area contributed by atoms with Crippen molar-refractivity contribution in [1.82, 2.24) is 19.5 Å². The third-order valence-electron chi connectivity index (χ3n) is 14.0. The Morgan fingerprint density at radius 2 is 0.667 bits per heavy atom. The Bertz CT molecular complexity index is 4270. The summed E-state index contributed by atoms with van der Waals surface area (Å²) >= 11 is 1.18. The van der Waals surface area contributed by atoms with Crippen molar-refractivity contribution in [2.24, 2.45) is 0 Å². The molecule has 75 heavy (non-hydrogen) atoms. The monoisotopic (exact) mass is 922 g/mol. The van der Waals surface area contributed by atoms with Crippen LogP contribution in [0.4, 0.5) is 0 Å². The van der Waals surface area contributed by atoms with Crippen molar-refractivity contribution in [1.29, 1.82) is 0 Å². The SMILES string of the molecule is [B]c1c([B])c(-c2nc(-c3ccc(-c4cccc(-c5ccccc5)c4)cc3)nc(-c3c([B])c([B])c([B])c4c3sc3c([B])c([B])c([B])c([B])c34)n2)c([B])c(-n2c3c([B])c([B])c([B])c([B])c3c3c([B])c([B])c([B])c([B])c32)c1[B]. The molecule has 300 valence electrons. The van der Waals surface area contributed by atoms with Crippen LogP contribution in [-0.2, 0) is 0 Å². The molecule has 0 fully saturated rings. The lowest BCUT2D eigenvalue weighted by atomic mass is 9.63. The number of hydrogen-bond acceptors (Lipinski definition) is 4. The summed E-state index contributed by atoms with van der Waals surface area (Å²) in [6.07, 6.45) is 0. The minimum Gasteiger partial charge on any atom is -0.312 e. The predicted octanol–water partition coefficient (Wildman–Crippen LogP) is -9.25. The highest BCUT2D eigenvalue weighted by Gasteiger charge is 2.29. The molecule has 11 rings (SSSR count). The first-order valence-electron chi connectivity index (χ1n) is 22.7. The Balaban J connectivity index is 1.23. The van der Waals surface area contributed by atoms with Gasteiger partial charge in [-0.05, 0) is 49.9 Å². The largest absolute Gasteiger partial charge is 0.312 e. The molecule has 38 radical (unpaired) electrons. The van der Waals surface area contributed by atoms with Crippen molar-refractivity contribution in [2.45, 2.75) is 0 Å². The highest BCUT2D eigenvalue weighted by Crippen LogP contribution is 2.37. The van der Waals surface area contributed by atoms with Crippen LogP contribution in [0.2, 0.25) is 0 Å². The first kappa shape index (κ1) is 51.1. The molecule has 0 saturated carbocycles. The number of hydrogen-bond donors (Lipinski definition) is 0. The van der Waals surface area contributed by atoms with Gasteiger partial charge in [0, 0.05) is 42.8 Å². The van der Waals surface area contributed by atoms with Crippen molar-refractivity contribution in [2.75, 3.05) is 0 Å². The fourth-order valence-electron chi connectivity index (χ4n) is 9.90. The average Bonchev–Trinajstić information content (AvgIpc) is 4.10. The van der Waals surface area contributed by atoms with Gasteiger partial charge in [0.2, 0.25) is 0 Å². The Labute approximate surface area is 463 Å². The summed E-state index contributed by atoms with van der Waals surface area (Å²) in [4.78, 5) is 15.2. The van der Waals surface area contributed by atoms with Gasteiger partial charge in [-0.1, -0.05) is 133 Å². The van der Waals surface area contributed by atoms with Crippen molar-refractivity contribution >= 4 is 306 Å². The molecule has 3 heterocycles. The highest BCUT2D eigenvalue weighted by molar-refractivity contribution is 7.28. The zero-order valence-corrected chi connectivity index (χ0v) is 40.5. The van der Waals surface area contributed by atoms with Crippen LogP contribution in [0.25, 0.3) is 104 Å². The summed E-state index contributed by atoms with van der Waals surface area (Å²) in [6, 6.07) is 25.8. The molecule has 3 aromatic heterocycles. The van der Waals surface area contributed by atoms with Gasteiger partial charge in [0.15, 0.2) is 17.5 Å². The van der Waals surface area contributed by atoms with Gasteiger partial charge < -0.3 is 4.57 Å². The fraction of sp³-hybridized carbons (Fsp3) is 0. The number of thiophene rings is 1. The first-order valence-corrected chi connectivity index (χ1v) is 23.5. The number of fused-ring (bicyclic) bond motifs is 6. The van der Waals surface area contributed by atoms with Gasteiger partial charge in [0.25, 0.3) is 0 Å². The Morgan fingerprint density at radius 3 is 1.21 bits per heavy atom. The van der Waals surface area contributed by atoms with Gasteiger partial charge in [-0.25, -0.2) is 15.0 Å². The van der Waals surface area contributed by atoms with E-state index < -0.39 is 0 Å². The third kappa shape index (κ3) is 7.56. The maximum atomic E-state index is 7.36. The standard InChI is InChI=1S/C51H13B19N4S/c52-25-19-20-26(53)34(61)38(65)41(68)45(20)74(44(19)40(67)37(64)33(25)60)46-31(58)23(29(56)36(63)42(46)69)50-71-49(16-11-9-15(10-12-16)18-8-4-7-17(13-18)14-5-2-1-3-6-14)72-51(73-50)24-30(57)32(59)27(54)21-22-28(55)35(62)39(66)43(70)48(22)75-47(21)24/h1-13H. The Hall–Kier alpha value is -5.98. The number of nitrogens with zero attached hydrogens (tertiary/aromatic N) is 4. The fourth-order valence-corrected chi connectivity index (χ4v) is 11.3. The summed E-state index contributed by atoms with van der Waals surface area (Å²) in [5, 5.41) is 1.23. The van der Waals surface area contributed by atoms with Crippen LogP contribution in [0, 0.1) is 0 Å². The van der Waals surface area contributed by atoms with E-state index in [0.29, 0.717) is 25.7 Å². The Kier molecular flexibility index (Phi) is 12.7. The second kappa shape index (κ2) is 18.6. The highest BCUT2D eigenvalue weighted by atomic mass is 32.1. The molecule has 0 saturated heterocycles. The minimum absolute atomic E-state index is 0.0000269. The molecule has 0 spiro atoms. The lowest BCUT2D eigenvalue weighted by Gasteiger charge is -2.26. The van der Waals surface area contributed by atoms with Crippen LogP contribution in [-0.4, -0.2) is 169 Å². The molecule has 11 aromatic rings. The third-order valence-corrected chi connectivity index (χ3v) is 15.2. The van der Waals surface area contributed by atoms with Crippen LogP contribution in [0.5, 0.6) is 0 Å². The molecule has 0 atom stereocenters. The second-order valence-electron chi connectivity index (χ2n) is 18.1. The van der Waals surface area contributed by atoms with Gasteiger partial charge in [-0.2, -0.15) is 0 Å². The molecule has 0 unspecified atom stereocenters. The molecule has 0 bridgehead atoms. The van der Waals surface area contributed by atoms with E-state index >= 15 is 0 Å². The summed E-state index contributed by atoms with van der Waals surface area (Å²) in [5.74, 6) is 0.00773. The van der Waals surface area contributed by atoms with Crippen molar-refractivity contribution in [3.8, 4) is 62.1 Å². The van der Waals surface area contributed by atoms with E-state index in [1.54, 1.807) is 0 Å². The lowest BCUT2D eigenvalue weighted by Crippen LogP contribution is -2.50. The zero-order valence-electron chi connectivity index (χ0n) is 39.7. The van der Waals surface area contributed by atoms with E-state index in [-0.39, 0.29) is 160 Å². The van der Waals surface area contributed by atoms with E-state index in [9.17, 15) is 0 Å². The summed E-state index contributed by atoms with van der Waals surface area (Å²) < 4.78 is 2.39.